The first-order valence-electron chi connectivity index (χ1n) is 8.77. The number of thioether (sulfide) groups is 1. The van der Waals surface area contributed by atoms with Gasteiger partial charge >= 0.3 is 5.97 Å². The van der Waals surface area contributed by atoms with Crippen molar-refractivity contribution < 1.29 is 14.3 Å². The van der Waals surface area contributed by atoms with Gasteiger partial charge in [0.1, 0.15) is 5.54 Å². The first-order chi connectivity index (χ1) is 11.6. The Labute approximate surface area is 147 Å². The second-order valence-electron chi connectivity index (χ2n) is 6.76. The van der Waals surface area contributed by atoms with Crippen molar-refractivity contribution in [3.8, 4) is 0 Å². The Kier molecular flexibility index (Phi) is 5.49. The molecular formula is C19H25NO3S. The highest BCUT2D eigenvalue weighted by Gasteiger charge is 2.41. The molecule has 2 aliphatic carbocycles. The lowest BCUT2D eigenvalue weighted by molar-refractivity contribution is -0.152. The number of hydrogen-bond donors (Lipinski definition) is 1. The Morgan fingerprint density at radius 1 is 1.12 bits per heavy atom. The molecule has 1 saturated carbocycles. The number of methoxy groups -OCH3 is 1. The van der Waals surface area contributed by atoms with E-state index in [-0.39, 0.29) is 11.9 Å². The normalized spacial score (nSPS) is 18.7. The zero-order valence-electron chi connectivity index (χ0n) is 14.2. The van der Waals surface area contributed by atoms with Crippen molar-refractivity contribution in [1.29, 1.82) is 0 Å². The number of carbonyl (C=O) groups is 2. The largest absolute Gasteiger partial charge is 0.467 e. The maximum absolute atomic E-state index is 12.4. The number of fused-ring (bicyclic) bond motifs is 1. The highest BCUT2D eigenvalue weighted by atomic mass is 32.2. The fourth-order valence-electron chi connectivity index (χ4n) is 3.82. The van der Waals surface area contributed by atoms with Gasteiger partial charge in [0, 0.05) is 4.90 Å². The molecule has 4 nitrogen and oxygen atoms in total. The van der Waals surface area contributed by atoms with Crippen LogP contribution in [0, 0.1) is 0 Å². The maximum atomic E-state index is 12.4. The molecule has 5 heteroatoms. The molecule has 0 aliphatic heterocycles. The fraction of sp³-hybridized carbons (Fsp3) is 0.579. The van der Waals surface area contributed by atoms with Gasteiger partial charge in [-0.2, -0.15) is 0 Å². The van der Waals surface area contributed by atoms with Gasteiger partial charge in [-0.05, 0) is 55.4 Å². The van der Waals surface area contributed by atoms with Gasteiger partial charge in [0.25, 0.3) is 0 Å². The quantitative estimate of drug-likeness (QED) is 0.656. The van der Waals surface area contributed by atoms with E-state index in [9.17, 15) is 9.59 Å². The van der Waals surface area contributed by atoms with Crippen LogP contribution in [0.25, 0.3) is 0 Å². The molecular weight excluding hydrogens is 322 g/mol. The molecule has 1 aromatic rings. The summed E-state index contributed by atoms with van der Waals surface area (Å²) in [6.45, 7) is 0. The third-order valence-corrected chi connectivity index (χ3v) is 6.10. The number of esters is 1. The highest BCUT2D eigenvalue weighted by molar-refractivity contribution is 8.00. The van der Waals surface area contributed by atoms with Crippen LogP contribution >= 0.6 is 11.8 Å². The average Bonchev–Trinajstić information content (AvgIpc) is 3.07. The summed E-state index contributed by atoms with van der Waals surface area (Å²) in [4.78, 5) is 25.7. The van der Waals surface area contributed by atoms with Gasteiger partial charge in [-0.25, -0.2) is 4.79 Å². The Morgan fingerprint density at radius 2 is 1.88 bits per heavy atom. The Balaban J connectivity index is 1.59. The summed E-state index contributed by atoms with van der Waals surface area (Å²) in [5.74, 6) is -0.0665. The van der Waals surface area contributed by atoms with Gasteiger partial charge in [0.2, 0.25) is 5.91 Å². The molecule has 0 bridgehead atoms. The number of benzene rings is 1. The van der Waals surface area contributed by atoms with E-state index >= 15 is 0 Å². The van der Waals surface area contributed by atoms with Crippen molar-refractivity contribution in [2.45, 2.75) is 61.8 Å². The molecule has 0 aromatic heterocycles. The Bertz CT molecular complexity index is 623. The molecule has 0 heterocycles. The van der Waals surface area contributed by atoms with Crippen LogP contribution in [0.2, 0.25) is 0 Å². The molecule has 2 aliphatic rings. The molecule has 1 aromatic carbocycles. The van der Waals surface area contributed by atoms with Crippen LogP contribution in [-0.4, -0.2) is 30.3 Å². The molecule has 0 spiro atoms. The molecule has 0 saturated heterocycles. The Morgan fingerprint density at radius 3 is 2.62 bits per heavy atom. The number of ether oxygens (including phenoxy) is 1. The molecule has 3 rings (SSSR count). The second-order valence-corrected chi connectivity index (χ2v) is 7.80. The summed E-state index contributed by atoms with van der Waals surface area (Å²) in [6, 6.07) is 6.48. The van der Waals surface area contributed by atoms with Gasteiger partial charge in [-0.15, -0.1) is 11.8 Å². The van der Waals surface area contributed by atoms with E-state index < -0.39 is 5.54 Å². The van der Waals surface area contributed by atoms with E-state index in [1.54, 1.807) is 0 Å². The maximum Gasteiger partial charge on any atom is 0.331 e. The van der Waals surface area contributed by atoms with E-state index in [4.69, 9.17) is 4.74 Å². The van der Waals surface area contributed by atoms with Crippen molar-refractivity contribution >= 4 is 23.6 Å². The lowest BCUT2D eigenvalue weighted by Crippen LogP contribution is -2.56. The molecule has 0 atom stereocenters. The monoisotopic (exact) mass is 347 g/mol. The number of rotatable bonds is 5. The van der Waals surface area contributed by atoms with Crippen molar-refractivity contribution in [3.05, 3.63) is 29.3 Å². The predicted molar refractivity (Wildman–Crippen MR) is 95.2 cm³/mol. The third-order valence-electron chi connectivity index (χ3n) is 5.10. The number of carbonyl (C=O) groups excluding carboxylic acids is 2. The van der Waals surface area contributed by atoms with E-state index in [0.29, 0.717) is 18.6 Å². The zero-order valence-corrected chi connectivity index (χ0v) is 15.0. The van der Waals surface area contributed by atoms with Gasteiger partial charge in [-0.3, -0.25) is 4.79 Å². The molecule has 130 valence electrons. The molecule has 1 N–H and O–H groups in total. The molecule has 0 radical (unpaired) electrons. The molecule has 1 amide bonds. The van der Waals surface area contributed by atoms with Crippen molar-refractivity contribution in [1.82, 2.24) is 5.32 Å². The number of aryl methyl sites for hydroxylation is 2. The van der Waals surface area contributed by atoms with E-state index in [1.807, 2.05) is 0 Å². The minimum atomic E-state index is -0.817. The standard InChI is InChI=1S/C19H25NO3S/c1-23-18(22)19(10-3-2-4-11-19)20-17(21)13-24-16-9-8-14-6-5-7-15(14)12-16/h8-9,12H,2-7,10-11,13H2,1H3,(H,20,21). The first kappa shape index (κ1) is 17.3. The third kappa shape index (κ3) is 3.77. The van der Waals surface area contributed by atoms with Crippen LogP contribution in [0.3, 0.4) is 0 Å². The van der Waals surface area contributed by atoms with Gasteiger partial charge in [-0.1, -0.05) is 25.3 Å². The van der Waals surface area contributed by atoms with Crippen LogP contribution < -0.4 is 5.32 Å². The minimum absolute atomic E-state index is 0.0900. The van der Waals surface area contributed by atoms with Crippen molar-refractivity contribution in [3.63, 3.8) is 0 Å². The topological polar surface area (TPSA) is 55.4 Å². The summed E-state index contributed by atoms with van der Waals surface area (Å²) in [5.41, 5.74) is 2.04. The fourth-order valence-corrected chi connectivity index (χ4v) is 4.58. The smallest absolute Gasteiger partial charge is 0.331 e. The second kappa shape index (κ2) is 7.60. The van der Waals surface area contributed by atoms with Crippen molar-refractivity contribution in [2.75, 3.05) is 12.9 Å². The lowest BCUT2D eigenvalue weighted by Gasteiger charge is -2.35. The molecule has 24 heavy (non-hydrogen) atoms. The summed E-state index contributed by atoms with van der Waals surface area (Å²) < 4.78 is 4.95. The number of amides is 1. The van der Waals surface area contributed by atoms with Crippen LogP contribution in [0.4, 0.5) is 0 Å². The molecule has 1 fully saturated rings. The summed E-state index contributed by atoms with van der Waals surface area (Å²) in [5, 5.41) is 2.97. The van der Waals surface area contributed by atoms with E-state index in [1.165, 1.54) is 42.8 Å². The summed E-state index contributed by atoms with van der Waals surface area (Å²) >= 11 is 1.54. The van der Waals surface area contributed by atoms with Crippen LogP contribution in [0.15, 0.2) is 23.1 Å². The lowest BCUT2D eigenvalue weighted by atomic mass is 9.81. The van der Waals surface area contributed by atoms with Gasteiger partial charge in [0.15, 0.2) is 0 Å². The van der Waals surface area contributed by atoms with E-state index in [2.05, 4.69) is 23.5 Å². The number of nitrogens with one attached hydrogen (secondary N) is 1. The van der Waals surface area contributed by atoms with Gasteiger partial charge < -0.3 is 10.1 Å². The summed E-state index contributed by atoms with van der Waals surface area (Å²) in [7, 11) is 1.39. The Hall–Kier alpha value is -1.49. The van der Waals surface area contributed by atoms with E-state index in [0.717, 1.165) is 30.6 Å². The SMILES string of the molecule is COC(=O)C1(NC(=O)CSc2ccc3c(c2)CCC3)CCCCC1. The zero-order chi connectivity index (χ0) is 17.0. The van der Waals surface area contributed by atoms with Crippen LogP contribution in [0.1, 0.15) is 49.7 Å². The first-order valence-corrected chi connectivity index (χ1v) is 9.75. The van der Waals surface area contributed by atoms with Crippen molar-refractivity contribution in [2.24, 2.45) is 0 Å². The van der Waals surface area contributed by atoms with Crippen LogP contribution in [-0.2, 0) is 27.2 Å². The van der Waals surface area contributed by atoms with Gasteiger partial charge in [0.05, 0.1) is 12.9 Å². The number of hydrogen-bond acceptors (Lipinski definition) is 4. The average molecular weight is 347 g/mol. The predicted octanol–water partition coefficient (Wildman–Crippen LogP) is 3.26. The summed E-state index contributed by atoms with van der Waals surface area (Å²) in [6.07, 6.45) is 7.90. The minimum Gasteiger partial charge on any atom is -0.467 e. The molecule has 0 unspecified atom stereocenters. The highest BCUT2D eigenvalue weighted by Crippen LogP contribution is 2.30. The van der Waals surface area contributed by atoms with Crippen LogP contribution in [0.5, 0.6) is 0 Å².